The summed E-state index contributed by atoms with van der Waals surface area (Å²) in [7, 11) is 0. The van der Waals surface area contributed by atoms with Gasteiger partial charge in [0.1, 0.15) is 0 Å². The van der Waals surface area contributed by atoms with E-state index >= 15 is 0 Å². The third kappa shape index (κ3) is 2.88. The summed E-state index contributed by atoms with van der Waals surface area (Å²) in [5, 5.41) is 3.80. The van der Waals surface area contributed by atoms with Gasteiger partial charge in [0.05, 0.1) is 0 Å². The van der Waals surface area contributed by atoms with Crippen molar-refractivity contribution >= 4 is 11.3 Å². The molecule has 1 N–H and O–H groups in total. The predicted molar refractivity (Wildman–Crippen MR) is 82.9 cm³/mol. The molecule has 0 radical (unpaired) electrons. The second-order valence-corrected chi connectivity index (χ2v) is 8.21. The van der Waals surface area contributed by atoms with Crippen molar-refractivity contribution in [3.8, 4) is 0 Å². The molecule has 0 bridgehead atoms. The van der Waals surface area contributed by atoms with Crippen molar-refractivity contribution < 1.29 is 0 Å². The number of thiophene rings is 1. The molecule has 3 heteroatoms. The van der Waals surface area contributed by atoms with E-state index in [1.165, 1.54) is 42.1 Å². The molecular formula is C16H26N2S. The van der Waals surface area contributed by atoms with E-state index in [0.717, 1.165) is 18.6 Å². The Balaban J connectivity index is 1.56. The van der Waals surface area contributed by atoms with Crippen LogP contribution in [0.25, 0.3) is 0 Å². The monoisotopic (exact) mass is 278 g/mol. The number of hydrogen-bond donors (Lipinski definition) is 1. The van der Waals surface area contributed by atoms with Crippen LogP contribution in [0.5, 0.6) is 0 Å². The van der Waals surface area contributed by atoms with Gasteiger partial charge >= 0.3 is 0 Å². The van der Waals surface area contributed by atoms with Crippen LogP contribution in [0, 0.1) is 0 Å². The minimum atomic E-state index is 0.290. The van der Waals surface area contributed by atoms with Crippen molar-refractivity contribution in [3.05, 3.63) is 21.9 Å². The number of nitrogens with one attached hydrogen (secondary N) is 1. The lowest BCUT2D eigenvalue weighted by Crippen LogP contribution is -2.38. The number of hydrogen-bond acceptors (Lipinski definition) is 3. The Labute approximate surface area is 121 Å². The molecule has 2 aliphatic rings. The lowest BCUT2D eigenvalue weighted by atomic mass is 9.95. The van der Waals surface area contributed by atoms with E-state index in [0.29, 0.717) is 5.41 Å². The molecule has 106 valence electrons. The summed E-state index contributed by atoms with van der Waals surface area (Å²) >= 11 is 1.97. The van der Waals surface area contributed by atoms with Crippen molar-refractivity contribution in [3.63, 3.8) is 0 Å². The molecule has 0 amide bonds. The van der Waals surface area contributed by atoms with E-state index in [2.05, 4.69) is 43.1 Å². The van der Waals surface area contributed by atoms with Gasteiger partial charge in [-0.1, -0.05) is 20.8 Å². The molecule has 2 nitrogen and oxygen atoms in total. The maximum atomic E-state index is 3.80. The van der Waals surface area contributed by atoms with Crippen LogP contribution in [0.3, 0.4) is 0 Å². The molecule has 3 heterocycles. The summed E-state index contributed by atoms with van der Waals surface area (Å²) in [6.45, 7) is 10.6. The fourth-order valence-electron chi connectivity index (χ4n) is 3.43. The van der Waals surface area contributed by atoms with Crippen molar-refractivity contribution in [2.24, 2.45) is 0 Å². The Morgan fingerprint density at radius 3 is 2.84 bits per heavy atom. The van der Waals surface area contributed by atoms with Crippen LogP contribution in [0.2, 0.25) is 0 Å². The van der Waals surface area contributed by atoms with Gasteiger partial charge in [-0.05, 0) is 43.4 Å². The van der Waals surface area contributed by atoms with Gasteiger partial charge in [-0.3, -0.25) is 4.90 Å². The normalized spacial score (nSPS) is 27.9. The summed E-state index contributed by atoms with van der Waals surface area (Å²) in [4.78, 5) is 5.66. The van der Waals surface area contributed by atoms with Crippen molar-refractivity contribution in [1.82, 2.24) is 10.2 Å². The van der Waals surface area contributed by atoms with Gasteiger partial charge in [-0.2, -0.15) is 0 Å². The zero-order chi connectivity index (χ0) is 13.5. The smallest absolute Gasteiger partial charge is 0.0303 e. The Morgan fingerprint density at radius 1 is 1.26 bits per heavy atom. The van der Waals surface area contributed by atoms with E-state index in [1.54, 1.807) is 0 Å². The van der Waals surface area contributed by atoms with Crippen LogP contribution in [-0.4, -0.2) is 30.1 Å². The first-order valence-electron chi connectivity index (χ1n) is 7.61. The van der Waals surface area contributed by atoms with E-state index in [4.69, 9.17) is 0 Å². The second kappa shape index (κ2) is 5.19. The minimum Gasteiger partial charge on any atom is -0.307 e. The summed E-state index contributed by atoms with van der Waals surface area (Å²) < 4.78 is 0. The minimum absolute atomic E-state index is 0.290. The fourth-order valence-corrected chi connectivity index (χ4v) is 4.44. The Hall–Kier alpha value is -0.380. The molecule has 2 unspecified atom stereocenters. The number of nitrogens with zero attached hydrogens (tertiary/aromatic N) is 1. The van der Waals surface area contributed by atoms with Crippen molar-refractivity contribution in [1.29, 1.82) is 0 Å². The molecule has 3 rings (SSSR count). The summed E-state index contributed by atoms with van der Waals surface area (Å²) in [5.41, 5.74) is 0.290. The Morgan fingerprint density at radius 2 is 2.11 bits per heavy atom. The molecular weight excluding hydrogens is 252 g/mol. The lowest BCUT2D eigenvalue weighted by Gasteiger charge is -2.21. The molecule has 1 aromatic rings. The zero-order valence-corrected chi connectivity index (χ0v) is 13.2. The van der Waals surface area contributed by atoms with Crippen LogP contribution >= 0.6 is 11.3 Å². The van der Waals surface area contributed by atoms with Gasteiger partial charge in [-0.15, -0.1) is 11.3 Å². The van der Waals surface area contributed by atoms with Crippen LogP contribution < -0.4 is 5.32 Å². The molecule has 0 aliphatic carbocycles. The topological polar surface area (TPSA) is 15.3 Å². The third-order valence-corrected chi connectivity index (χ3v) is 6.06. The Bertz CT molecular complexity index is 432. The number of rotatable bonds is 3. The highest BCUT2D eigenvalue weighted by atomic mass is 32.1. The highest BCUT2D eigenvalue weighted by Crippen LogP contribution is 2.31. The van der Waals surface area contributed by atoms with Gasteiger partial charge in [0.15, 0.2) is 0 Å². The molecule has 2 aliphatic heterocycles. The fraction of sp³-hybridized carbons (Fsp3) is 0.750. The first kappa shape index (κ1) is 13.6. The summed E-state index contributed by atoms with van der Waals surface area (Å²) in [5.74, 6) is 0. The molecule has 2 fully saturated rings. The lowest BCUT2D eigenvalue weighted by molar-refractivity contribution is 0.299. The van der Waals surface area contributed by atoms with Gasteiger partial charge in [0.2, 0.25) is 0 Å². The quantitative estimate of drug-likeness (QED) is 0.912. The highest BCUT2D eigenvalue weighted by molar-refractivity contribution is 7.12. The first-order valence-corrected chi connectivity index (χ1v) is 8.42. The largest absolute Gasteiger partial charge is 0.307 e. The zero-order valence-electron chi connectivity index (χ0n) is 12.4. The van der Waals surface area contributed by atoms with E-state index in [9.17, 15) is 0 Å². The average molecular weight is 278 g/mol. The average Bonchev–Trinajstić information content (AvgIpc) is 3.02. The third-order valence-electron chi connectivity index (χ3n) is 4.55. The maximum absolute atomic E-state index is 3.80. The molecule has 1 aromatic heterocycles. The van der Waals surface area contributed by atoms with Gasteiger partial charge in [0.25, 0.3) is 0 Å². The molecule has 2 atom stereocenters. The van der Waals surface area contributed by atoms with Crippen molar-refractivity contribution in [2.45, 2.75) is 64.1 Å². The standard InChI is InChI=1S/C16H26N2S/c1-16(2,3)15-7-6-12(19-15)11-17-13-8-10-18-9-4-5-14(13)18/h6-7,13-14,17H,4-5,8-11H2,1-3H3. The second-order valence-electron chi connectivity index (χ2n) is 7.04. The maximum Gasteiger partial charge on any atom is 0.0303 e. The van der Waals surface area contributed by atoms with E-state index in [-0.39, 0.29) is 0 Å². The molecule has 0 saturated carbocycles. The number of fused-ring (bicyclic) bond motifs is 1. The van der Waals surface area contributed by atoms with Gasteiger partial charge in [-0.25, -0.2) is 0 Å². The van der Waals surface area contributed by atoms with Crippen LogP contribution in [0.15, 0.2) is 12.1 Å². The molecule has 19 heavy (non-hydrogen) atoms. The Kier molecular flexibility index (Phi) is 3.71. The first-order chi connectivity index (χ1) is 9.04. The highest BCUT2D eigenvalue weighted by Gasteiger charge is 2.36. The molecule has 2 saturated heterocycles. The summed E-state index contributed by atoms with van der Waals surface area (Å²) in [6.07, 6.45) is 4.13. The van der Waals surface area contributed by atoms with Gasteiger partial charge < -0.3 is 5.32 Å². The van der Waals surface area contributed by atoms with Crippen LogP contribution in [-0.2, 0) is 12.0 Å². The van der Waals surface area contributed by atoms with Crippen LogP contribution in [0.1, 0.15) is 49.8 Å². The molecule has 0 aromatic carbocycles. The molecule has 0 spiro atoms. The predicted octanol–water partition coefficient (Wildman–Crippen LogP) is 3.37. The van der Waals surface area contributed by atoms with Crippen molar-refractivity contribution in [2.75, 3.05) is 13.1 Å². The van der Waals surface area contributed by atoms with Gasteiger partial charge in [0, 0.05) is 34.9 Å². The van der Waals surface area contributed by atoms with E-state index < -0.39 is 0 Å². The van der Waals surface area contributed by atoms with E-state index in [1.807, 2.05) is 11.3 Å². The SMILES string of the molecule is CC(C)(C)c1ccc(CNC2CCN3CCCC23)s1. The van der Waals surface area contributed by atoms with Crippen LogP contribution in [0.4, 0.5) is 0 Å². The summed E-state index contributed by atoms with van der Waals surface area (Å²) in [6, 6.07) is 6.15.